The number of quaternary nitrogens is 1. The SMILES string of the molecule is C[N+]1(CO)C[C@@H]2c3ccccc3Oc3ccc(Cl)cc3[C@H]2C1. The van der Waals surface area contributed by atoms with Gasteiger partial charge in [-0.1, -0.05) is 29.8 Å². The topological polar surface area (TPSA) is 29.5 Å². The van der Waals surface area contributed by atoms with Gasteiger partial charge in [-0.15, -0.1) is 0 Å². The van der Waals surface area contributed by atoms with Crippen LogP contribution in [0.4, 0.5) is 0 Å². The highest BCUT2D eigenvalue weighted by atomic mass is 35.5. The largest absolute Gasteiger partial charge is 0.457 e. The van der Waals surface area contributed by atoms with Gasteiger partial charge in [0, 0.05) is 28.0 Å². The molecule has 2 heterocycles. The van der Waals surface area contributed by atoms with Crippen molar-refractivity contribution in [3.8, 4) is 11.5 Å². The number of rotatable bonds is 1. The van der Waals surface area contributed by atoms with Gasteiger partial charge in [-0.2, -0.15) is 0 Å². The van der Waals surface area contributed by atoms with Crippen LogP contribution in [0.5, 0.6) is 11.5 Å². The van der Waals surface area contributed by atoms with Gasteiger partial charge in [-0.25, -0.2) is 0 Å². The summed E-state index contributed by atoms with van der Waals surface area (Å²) in [5.41, 5.74) is 2.39. The standard InChI is InChI=1S/C18H19ClNO2/c1-20(11-21)9-15-13-4-2-3-5-17(13)22-18-7-6-12(19)8-14(18)16(15)10-20/h2-8,15-16,21H,9-11H2,1H3/q+1/t15-,16-,20?/m1/s1. The molecule has 4 rings (SSSR count). The van der Waals surface area contributed by atoms with Crippen molar-refractivity contribution in [1.29, 1.82) is 0 Å². The van der Waals surface area contributed by atoms with E-state index in [1.54, 1.807) is 0 Å². The number of hydrogen-bond donors (Lipinski definition) is 1. The Bertz CT molecular complexity index is 733. The lowest BCUT2D eigenvalue weighted by Crippen LogP contribution is -2.42. The fourth-order valence-corrected chi connectivity index (χ4v) is 4.11. The molecule has 22 heavy (non-hydrogen) atoms. The summed E-state index contributed by atoms with van der Waals surface area (Å²) in [7, 11) is 2.11. The van der Waals surface area contributed by atoms with E-state index in [-0.39, 0.29) is 6.73 Å². The molecule has 0 radical (unpaired) electrons. The lowest BCUT2D eigenvalue weighted by Gasteiger charge is -2.27. The van der Waals surface area contributed by atoms with Gasteiger partial charge in [0.25, 0.3) is 0 Å². The summed E-state index contributed by atoms with van der Waals surface area (Å²) in [5, 5.41) is 10.5. The molecular formula is C18H19ClNO2+. The Balaban J connectivity index is 1.91. The van der Waals surface area contributed by atoms with Gasteiger partial charge in [-0.05, 0) is 24.3 Å². The number of aliphatic hydroxyl groups is 1. The average molecular weight is 317 g/mol. The molecule has 4 heteroatoms. The van der Waals surface area contributed by atoms with Crippen LogP contribution in [0.15, 0.2) is 42.5 Å². The first-order chi connectivity index (χ1) is 10.6. The van der Waals surface area contributed by atoms with Crippen LogP contribution in [0.3, 0.4) is 0 Å². The van der Waals surface area contributed by atoms with E-state index in [2.05, 4.69) is 19.2 Å². The summed E-state index contributed by atoms with van der Waals surface area (Å²) >= 11 is 6.23. The summed E-state index contributed by atoms with van der Waals surface area (Å²) in [5.74, 6) is 2.46. The van der Waals surface area contributed by atoms with Crippen LogP contribution in [-0.2, 0) is 0 Å². The predicted octanol–water partition coefficient (Wildman–Crippen LogP) is 3.72. The number of likely N-dealkylation sites (tertiary alicyclic amines) is 1. The zero-order chi connectivity index (χ0) is 15.3. The first kappa shape index (κ1) is 14.1. The summed E-state index contributed by atoms with van der Waals surface area (Å²) in [6.07, 6.45) is 0. The molecule has 0 saturated carbocycles. The molecule has 1 saturated heterocycles. The predicted molar refractivity (Wildman–Crippen MR) is 86.5 cm³/mol. The Kier molecular flexibility index (Phi) is 3.19. The number of nitrogens with zero attached hydrogens (tertiary/aromatic N) is 1. The summed E-state index contributed by atoms with van der Waals surface area (Å²) in [4.78, 5) is 0. The fourth-order valence-electron chi connectivity index (χ4n) is 3.92. The molecule has 1 fully saturated rings. The monoisotopic (exact) mass is 316 g/mol. The zero-order valence-corrected chi connectivity index (χ0v) is 13.3. The number of fused-ring (bicyclic) bond motifs is 5. The normalized spacial score (nSPS) is 29.0. The first-order valence-corrected chi connectivity index (χ1v) is 7.98. The molecule has 2 aromatic carbocycles. The van der Waals surface area contributed by atoms with E-state index < -0.39 is 0 Å². The van der Waals surface area contributed by atoms with Crippen LogP contribution in [0.25, 0.3) is 0 Å². The smallest absolute Gasteiger partial charge is 0.180 e. The number of aliphatic hydroxyl groups excluding tert-OH is 1. The van der Waals surface area contributed by atoms with Crippen molar-refractivity contribution >= 4 is 11.6 Å². The van der Waals surface area contributed by atoms with Gasteiger partial charge in [0.05, 0.1) is 20.1 Å². The van der Waals surface area contributed by atoms with E-state index in [0.717, 1.165) is 35.2 Å². The summed E-state index contributed by atoms with van der Waals surface area (Å²) in [6, 6.07) is 14.1. The van der Waals surface area contributed by atoms with Gasteiger partial charge in [-0.3, -0.25) is 0 Å². The molecule has 2 aromatic rings. The van der Waals surface area contributed by atoms with Crippen molar-refractivity contribution in [3.63, 3.8) is 0 Å². The van der Waals surface area contributed by atoms with Gasteiger partial charge in [0.15, 0.2) is 6.73 Å². The van der Waals surface area contributed by atoms with Crippen molar-refractivity contribution in [2.75, 3.05) is 26.9 Å². The number of likely N-dealkylation sites (N-methyl/N-ethyl adjacent to an activating group) is 1. The number of benzene rings is 2. The molecular weight excluding hydrogens is 298 g/mol. The van der Waals surface area contributed by atoms with E-state index in [1.807, 2.05) is 30.3 Å². The molecule has 2 aliphatic rings. The van der Waals surface area contributed by atoms with Crippen molar-refractivity contribution in [3.05, 3.63) is 58.6 Å². The lowest BCUT2D eigenvalue weighted by atomic mass is 9.84. The van der Waals surface area contributed by atoms with Crippen molar-refractivity contribution < 1.29 is 14.3 Å². The minimum atomic E-state index is 0.159. The number of halogens is 1. The Hall–Kier alpha value is -1.55. The Labute approximate surface area is 135 Å². The maximum absolute atomic E-state index is 9.81. The Morgan fingerprint density at radius 2 is 1.77 bits per heavy atom. The minimum Gasteiger partial charge on any atom is -0.457 e. The van der Waals surface area contributed by atoms with E-state index in [0.29, 0.717) is 16.3 Å². The van der Waals surface area contributed by atoms with Crippen LogP contribution in [-0.4, -0.2) is 36.5 Å². The molecule has 0 aromatic heterocycles. The van der Waals surface area contributed by atoms with Crippen molar-refractivity contribution in [2.24, 2.45) is 0 Å². The summed E-state index contributed by atoms with van der Waals surface area (Å²) < 4.78 is 6.83. The third-order valence-corrected chi connectivity index (χ3v) is 5.25. The molecule has 2 aliphatic heterocycles. The maximum Gasteiger partial charge on any atom is 0.180 e. The van der Waals surface area contributed by atoms with Crippen LogP contribution in [0.2, 0.25) is 5.02 Å². The van der Waals surface area contributed by atoms with E-state index >= 15 is 0 Å². The van der Waals surface area contributed by atoms with Crippen LogP contribution in [0.1, 0.15) is 23.0 Å². The quantitative estimate of drug-likeness (QED) is 0.812. The molecule has 0 spiro atoms. The maximum atomic E-state index is 9.81. The molecule has 1 unspecified atom stereocenters. The van der Waals surface area contributed by atoms with E-state index in [1.165, 1.54) is 5.56 Å². The third-order valence-electron chi connectivity index (χ3n) is 5.01. The molecule has 0 amide bonds. The van der Waals surface area contributed by atoms with Gasteiger partial charge < -0.3 is 14.3 Å². The highest BCUT2D eigenvalue weighted by molar-refractivity contribution is 6.30. The number of ether oxygens (including phenoxy) is 1. The molecule has 0 aliphatic carbocycles. The van der Waals surface area contributed by atoms with Gasteiger partial charge >= 0.3 is 0 Å². The minimum absolute atomic E-state index is 0.159. The second kappa shape index (κ2) is 4.98. The molecule has 3 nitrogen and oxygen atoms in total. The highest BCUT2D eigenvalue weighted by Gasteiger charge is 2.47. The highest BCUT2D eigenvalue weighted by Crippen LogP contribution is 2.51. The molecule has 1 N–H and O–H groups in total. The van der Waals surface area contributed by atoms with Gasteiger partial charge in [0.2, 0.25) is 0 Å². The van der Waals surface area contributed by atoms with Crippen LogP contribution >= 0.6 is 11.6 Å². The zero-order valence-electron chi connectivity index (χ0n) is 12.5. The molecule has 3 atom stereocenters. The van der Waals surface area contributed by atoms with Crippen molar-refractivity contribution in [1.82, 2.24) is 0 Å². The second-order valence-corrected chi connectivity index (χ2v) is 7.10. The lowest BCUT2D eigenvalue weighted by molar-refractivity contribution is -0.916. The Morgan fingerprint density at radius 3 is 2.55 bits per heavy atom. The van der Waals surface area contributed by atoms with Crippen LogP contribution < -0.4 is 4.74 Å². The average Bonchev–Trinajstić information content (AvgIpc) is 2.82. The summed E-state index contributed by atoms with van der Waals surface area (Å²) in [6.45, 7) is 1.96. The van der Waals surface area contributed by atoms with E-state index in [9.17, 15) is 5.11 Å². The second-order valence-electron chi connectivity index (χ2n) is 6.66. The third kappa shape index (κ3) is 2.12. The molecule has 0 bridgehead atoms. The van der Waals surface area contributed by atoms with Crippen LogP contribution in [0, 0.1) is 0 Å². The fraction of sp³-hybridized carbons (Fsp3) is 0.333. The van der Waals surface area contributed by atoms with Crippen molar-refractivity contribution in [2.45, 2.75) is 11.8 Å². The molecule has 114 valence electrons. The first-order valence-electron chi connectivity index (χ1n) is 7.60. The number of para-hydroxylation sites is 1. The van der Waals surface area contributed by atoms with Gasteiger partial charge in [0.1, 0.15) is 11.5 Å². The Morgan fingerprint density at radius 1 is 1.09 bits per heavy atom. The van der Waals surface area contributed by atoms with E-state index in [4.69, 9.17) is 16.3 Å². The number of hydrogen-bond acceptors (Lipinski definition) is 2.